The minimum absolute atomic E-state index is 0. The molecule has 1 amide bonds. The van der Waals surface area contributed by atoms with Crippen LogP contribution in [0.1, 0.15) is 169 Å². The number of carbonyl (C=O) groups is 2. The van der Waals surface area contributed by atoms with Crippen LogP contribution < -0.4 is 11.1 Å². The summed E-state index contributed by atoms with van der Waals surface area (Å²) < 4.78 is 12.0. The largest absolute Gasteiger partial charge is 0.481 e. The predicted molar refractivity (Wildman–Crippen MR) is 364 cm³/mol. The van der Waals surface area contributed by atoms with Crippen LogP contribution in [0.5, 0.6) is 0 Å². The molecule has 6 heterocycles. The van der Waals surface area contributed by atoms with Gasteiger partial charge in [-0.05, 0) is 118 Å². The van der Waals surface area contributed by atoms with Crippen molar-refractivity contribution in [2.45, 2.75) is 185 Å². The number of oxazole rings is 2. The van der Waals surface area contributed by atoms with E-state index >= 15 is 0 Å². The molecular formula is C73H103N8O7Pd-. The van der Waals surface area contributed by atoms with Gasteiger partial charge in [0, 0.05) is 139 Å². The number of fused-ring (bicyclic) bond motifs is 4. The smallest absolute Gasteiger partial charge is 0.303 e. The van der Waals surface area contributed by atoms with E-state index in [1.807, 2.05) is 81.1 Å². The topological polar surface area (TPSA) is 237 Å². The Morgan fingerprint density at radius 3 is 1.43 bits per heavy atom. The normalized spacial score (nSPS) is 13.0. The molecule has 6 aromatic heterocycles. The second-order valence-corrected chi connectivity index (χ2v) is 23.9. The van der Waals surface area contributed by atoms with E-state index in [2.05, 4.69) is 157 Å². The summed E-state index contributed by atoms with van der Waals surface area (Å²) in [7, 11) is 0. The fraction of sp³-hybridized carbons (Fsp3) is 0.438. The number of aliphatic carboxylic acids is 1. The van der Waals surface area contributed by atoms with Crippen molar-refractivity contribution in [3.63, 3.8) is 0 Å². The Kier molecular flexibility index (Phi) is 32.2. The van der Waals surface area contributed by atoms with Gasteiger partial charge in [-0.3, -0.25) is 14.8 Å². The fourth-order valence-corrected chi connectivity index (χ4v) is 10.2. The van der Waals surface area contributed by atoms with Crippen molar-refractivity contribution in [2.75, 3.05) is 0 Å². The van der Waals surface area contributed by atoms with Crippen molar-refractivity contribution >= 4 is 55.5 Å². The van der Waals surface area contributed by atoms with Gasteiger partial charge in [0.2, 0.25) is 5.91 Å². The molecule has 10 aromatic rings. The maximum Gasteiger partial charge on any atom is 0.303 e. The van der Waals surface area contributed by atoms with Gasteiger partial charge >= 0.3 is 5.97 Å². The molecule has 0 bridgehead atoms. The van der Waals surface area contributed by atoms with Gasteiger partial charge in [-0.1, -0.05) is 154 Å². The first-order chi connectivity index (χ1) is 41.9. The zero-order valence-corrected chi connectivity index (χ0v) is 56.4. The number of carboxylic acids is 1. The monoisotopic (exact) mass is 1310 g/mol. The van der Waals surface area contributed by atoms with E-state index < -0.39 is 5.97 Å². The molecule has 6 atom stereocenters. The molecule has 0 fully saturated rings. The summed E-state index contributed by atoms with van der Waals surface area (Å²) in [5.41, 5.74) is 16.5. The molecule has 0 spiro atoms. The quantitative estimate of drug-likeness (QED) is 0.0117. The van der Waals surface area contributed by atoms with E-state index in [9.17, 15) is 9.59 Å². The standard InChI is InChI=1S/C18H22N2O3.C18H22N2O.C18H26N2O.C11H14N2.C7H14O2.CH3.Pd.H2/c1-3-12(2)8-9-17-20-16(11-22-21)18(23-17)14-10-19-15-7-5-4-6-13(14)15;1-4-12(2)9-10-17-20-13(3)18(21-17)15-11-19-16-8-6-5-7-14(15)16;1-4-13(2)9-10-18(21)20-14(3)11-15-12-19-17-8-6-5-7-16(15)17;1-8(12)6-9-7-13-11-5-3-2-4-10(9)11;1-3-6(2)4-5-7(8)9;;;/h4-7,10,12,19,21H,3,8-9,11H2,1-2H3;5-8,11-12,19H,4,9-10H2,1-3H3;5-8,12-14,19H,4,9-11H2,1-3H3,(H,20,21);2-5,7-8,13H,6,12H2,1H3;6H,3-5H2,1-2H3,(H,8,9);1H3;;1H/q;;;;;-1;;/t2*12-;13-,14?;8-;6-;;;/m00010.../s1. The van der Waals surface area contributed by atoms with Crippen molar-refractivity contribution < 1.29 is 55.5 Å². The van der Waals surface area contributed by atoms with Gasteiger partial charge in [0.05, 0.1) is 5.69 Å². The molecule has 1 unspecified atom stereocenters. The number of nitrogens with zero attached hydrogens (tertiary/aromatic N) is 2. The molecular weight excluding hydrogens is 1210 g/mol. The Labute approximate surface area is 543 Å². The van der Waals surface area contributed by atoms with Crippen LogP contribution in [-0.4, -0.2) is 64.2 Å². The van der Waals surface area contributed by atoms with Crippen LogP contribution >= 0.6 is 0 Å². The van der Waals surface area contributed by atoms with Gasteiger partial charge in [0.15, 0.2) is 23.3 Å². The Bertz CT molecular complexity index is 3630. The summed E-state index contributed by atoms with van der Waals surface area (Å²) in [6.07, 6.45) is 21.0. The molecule has 89 heavy (non-hydrogen) atoms. The van der Waals surface area contributed by atoms with E-state index in [1.54, 1.807) is 0 Å². The maximum atomic E-state index is 11.9. The van der Waals surface area contributed by atoms with Gasteiger partial charge in [-0.2, -0.15) is 0 Å². The number of carboxylic acid groups (broad SMARTS) is 1. The van der Waals surface area contributed by atoms with E-state index in [-0.39, 0.29) is 53.9 Å². The Hall–Kier alpha value is -7.06. The van der Waals surface area contributed by atoms with Crippen LogP contribution in [0.2, 0.25) is 0 Å². The van der Waals surface area contributed by atoms with Gasteiger partial charge < -0.3 is 52.4 Å². The van der Waals surface area contributed by atoms with Gasteiger partial charge in [-0.15, -0.1) is 0 Å². The third-order valence-electron chi connectivity index (χ3n) is 16.5. The summed E-state index contributed by atoms with van der Waals surface area (Å²) in [6, 6.07) is 33.3. The zero-order valence-electron chi connectivity index (χ0n) is 54.8. The Balaban J connectivity index is 0.000000300. The van der Waals surface area contributed by atoms with E-state index in [4.69, 9.17) is 24.9 Å². The van der Waals surface area contributed by atoms with Crippen LogP contribution in [0.25, 0.3) is 66.3 Å². The number of benzene rings is 4. The van der Waals surface area contributed by atoms with Crippen LogP contribution in [0, 0.1) is 38.0 Å². The molecule has 0 aliphatic heterocycles. The summed E-state index contributed by atoms with van der Waals surface area (Å²) in [5, 5.41) is 25.0. The summed E-state index contributed by atoms with van der Waals surface area (Å²) in [5.74, 6) is 5.12. The molecule has 15 nitrogen and oxygen atoms in total. The number of rotatable bonds is 25. The Morgan fingerprint density at radius 1 is 0.573 bits per heavy atom. The third-order valence-corrected chi connectivity index (χ3v) is 16.5. The minimum atomic E-state index is -0.685. The number of carbonyl (C=O) groups excluding carboxylic acids is 1. The number of nitrogens with two attached hydrogens (primary N) is 1. The van der Waals surface area contributed by atoms with Crippen molar-refractivity contribution in [1.29, 1.82) is 0 Å². The first-order valence-corrected chi connectivity index (χ1v) is 31.7. The molecule has 16 heteroatoms. The Morgan fingerprint density at radius 2 is 0.966 bits per heavy atom. The number of para-hydroxylation sites is 4. The molecule has 0 aliphatic carbocycles. The zero-order chi connectivity index (χ0) is 62.8. The maximum absolute atomic E-state index is 11.9. The number of hydrogen-bond donors (Lipinski definition) is 8. The minimum Gasteiger partial charge on any atom is -0.481 e. The average molecular weight is 1310 g/mol. The number of hydrogen-bond acceptors (Lipinski definition) is 9. The number of nitrogens with one attached hydrogen (secondary N) is 5. The van der Waals surface area contributed by atoms with Crippen molar-refractivity contribution in [2.24, 2.45) is 29.4 Å². The number of amides is 1. The molecule has 488 valence electrons. The van der Waals surface area contributed by atoms with Crippen LogP contribution in [0.4, 0.5) is 0 Å². The van der Waals surface area contributed by atoms with E-state index in [0.717, 1.165) is 121 Å². The molecule has 9 N–H and O–H groups in total. The number of H-pyrrole nitrogens is 4. The summed E-state index contributed by atoms with van der Waals surface area (Å²) in [4.78, 5) is 48.4. The van der Waals surface area contributed by atoms with E-state index in [0.29, 0.717) is 53.9 Å². The second kappa shape index (κ2) is 38.5. The molecule has 10 rings (SSSR count). The van der Waals surface area contributed by atoms with Crippen LogP contribution in [-0.2, 0) is 67.2 Å². The number of aryl methyl sites for hydroxylation is 3. The molecule has 0 saturated carbocycles. The van der Waals surface area contributed by atoms with Gasteiger partial charge in [0.1, 0.15) is 12.3 Å². The molecule has 0 aliphatic rings. The van der Waals surface area contributed by atoms with Gasteiger partial charge in [0.25, 0.3) is 0 Å². The van der Waals surface area contributed by atoms with Crippen LogP contribution in [0.3, 0.4) is 0 Å². The van der Waals surface area contributed by atoms with Crippen molar-refractivity contribution in [1.82, 2.24) is 35.2 Å². The second-order valence-electron chi connectivity index (χ2n) is 23.9. The summed E-state index contributed by atoms with van der Waals surface area (Å²) in [6.45, 7) is 23.6. The predicted octanol–water partition coefficient (Wildman–Crippen LogP) is 18.6. The number of aromatic nitrogens is 6. The first-order valence-electron chi connectivity index (χ1n) is 31.7. The molecule has 0 radical (unpaired) electrons. The fourth-order valence-electron chi connectivity index (χ4n) is 10.2. The average Bonchev–Trinajstić information content (AvgIpc) is 1.75. The van der Waals surface area contributed by atoms with E-state index in [1.165, 1.54) is 39.2 Å². The molecule has 0 saturated heterocycles. The molecule has 4 aromatic carbocycles. The third kappa shape index (κ3) is 23.0. The van der Waals surface area contributed by atoms with Crippen molar-refractivity contribution in [3.05, 3.63) is 164 Å². The van der Waals surface area contributed by atoms with Crippen LogP contribution in [0.15, 0.2) is 131 Å². The first kappa shape index (κ1) is 74.4. The number of aromatic amines is 4. The summed E-state index contributed by atoms with van der Waals surface area (Å²) >= 11 is 0. The SMILES string of the molecule is CC[C@H](C)CCC(=O)NC(C)Cc1c[nH]c2ccccc12.CC[C@H](C)CCC(=O)O.CC[C@H](C)CCc1nc(C)c(-c2c[nH]c3ccccc23)o1.CC[C@H](C)CCc1nc(COO)c(-c2c[nH]c3ccccc23)o1.C[C@@H](N)Cc1c[nH]c2ccccc12.[CH3-].[HH].[Pd]. The van der Waals surface area contributed by atoms with Crippen molar-refractivity contribution in [3.8, 4) is 22.6 Å². The van der Waals surface area contributed by atoms with Gasteiger partial charge in [-0.25, -0.2) is 14.9 Å².